The van der Waals surface area contributed by atoms with Crippen LogP contribution in [0, 0.1) is 5.41 Å². The minimum absolute atomic E-state index is 0.0161. The quantitative estimate of drug-likeness (QED) is 0.785. The second kappa shape index (κ2) is 3.72. The Morgan fingerprint density at radius 2 is 2.19 bits per heavy atom. The van der Waals surface area contributed by atoms with Gasteiger partial charge in [-0.15, -0.1) is 0 Å². The Bertz CT molecular complexity index is 403. The molecule has 1 saturated carbocycles. The van der Waals surface area contributed by atoms with Gasteiger partial charge in [-0.25, -0.2) is 8.42 Å². The molecule has 0 aromatic heterocycles. The molecular formula is C11H19NO3S. The molecule has 1 saturated heterocycles. The summed E-state index contributed by atoms with van der Waals surface area (Å²) in [5, 5.41) is 2.61. The van der Waals surface area contributed by atoms with E-state index in [2.05, 4.69) is 5.32 Å². The Labute approximate surface area is 96.7 Å². The van der Waals surface area contributed by atoms with Crippen LogP contribution in [0.15, 0.2) is 0 Å². The van der Waals surface area contributed by atoms with E-state index in [0.717, 1.165) is 19.3 Å². The van der Waals surface area contributed by atoms with Crippen molar-refractivity contribution in [1.82, 2.24) is 5.32 Å². The van der Waals surface area contributed by atoms with Crippen LogP contribution in [0.3, 0.4) is 0 Å². The number of hydrogen-bond donors (Lipinski definition) is 1. The van der Waals surface area contributed by atoms with Crippen LogP contribution in [-0.4, -0.2) is 31.9 Å². The summed E-state index contributed by atoms with van der Waals surface area (Å²) in [6.07, 6.45) is 5.01. The SMILES string of the molecule is CCC1NC(=O)CC12CCCC2S(C)(=O)=O. The van der Waals surface area contributed by atoms with Gasteiger partial charge < -0.3 is 5.32 Å². The van der Waals surface area contributed by atoms with Crippen LogP contribution in [0.4, 0.5) is 0 Å². The minimum Gasteiger partial charge on any atom is -0.353 e. The molecule has 1 heterocycles. The fourth-order valence-electron chi connectivity index (χ4n) is 3.63. The normalized spacial score (nSPS) is 39.2. The standard InChI is InChI=1S/C11H19NO3S/c1-3-8-11(7-10(13)12-8)6-4-5-9(11)16(2,14)15/h8-9H,3-7H2,1-2H3,(H,12,13). The number of rotatable bonds is 2. The molecule has 1 aliphatic heterocycles. The van der Waals surface area contributed by atoms with Crippen molar-refractivity contribution in [3.05, 3.63) is 0 Å². The van der Waals surface area contributed by atoms with E-state index in [1.54, 1.807) is 0 Å². The molecule has 0 aromatic rings. The lowest BCUT2D eigenvalue weighted by Gasteiger charge is -2.34. The van der Waals surface area contributed by atoms with Crippen molar-refractivity contribution in [2.75, 3.05) is 6.26 Å². The van der Waals surface area contributed by atoms with Crippen molar-refractivity contribution in [2.45, 2.75) is 50.3 Å². The van der Waals surface area contributed by atoms with Gasteiger partial charge in [0.15, 0.2) is 9.84 Å². The summed E-state index contributed by atoms with van der Waals surface area (Å²) in [5.74, 6) is 0.0161. The number of nitrogens with one attached hydrogen (secondary N) is 1. The largest absolute Gasteiger partial charge is 0.353 e. The van der Waals surface area contributed by atoms with E-state index in [-0.39, 0.29) is 22.6 Å². The molecule has 5 heteroatoms. The predicted octanol–water partition coefficient (Wildman–Crippen LogP) is 0.868. The van der Waals surface area contributed by atoms with Crippen LogP contribution in [-0.2, 0) is 14.6 Å². The van der Waals surface area contributed by atoms with E-state index in [1.807, 2.05) is 6.92 Å². The van der Waals surface area contributed by atoms with E-state index < -0.39 is 9.84 Å². The number of carbonyl (C=O) groups is 1. The van der Waals surface area contributed by atoms with Crippen LogP contribution in [0.5, 0.6) is 0 Å². The monoisotopic (exact) mass is 245 g/mol. The molecule has 1 amide bonds. The lowest BCUT2D eigenvalue weighted by atomic mass is 9.77. The van der Waals surface area contributed by atoms with E-state index in [0.29, 0.717) is 12.8 Å². The van der Waals surface area contributed by atoms with Crippen LogP contribution < -0.4 is 5.32 Å². The lowest BCUT2D eigenvalue weighted by Crippen LogP contribution is -2.44. The topological polar surface area (TPSA) is 63.2 Å². The summed E-state index contributed by atoms with van der Waals surface area (Å²) in [7, 11) is -3.05. The molecule has 0 radical (unpaired) electrons. The van der Waals surface area contributed by atoms with Gasteiger partial charge in [0, 0.05) is 24.1 Å². The molecule has 92 valence electrons. The summed E-state index contributed by atoms with van der Waals surface area (Å²) in [4.78, 5) is 11.5. The molecular weight excluding hydrogens is 226 g/mol. The average molecular weight is 245 g/mol. The summed E-state index contributed by atoms with van der Waals surface area (Å²) in [5.41, 5.74) is -0.320. The van der Waals surface area contributed by atoms with Gasteiger partial charge in [0.05, 0.1) is 5.25 Å². The second-order valence-electron chi connectivity index (χ2n) is 5.15. The molecule has 3 atom stereocenters. The molecule has 2 fully saturated rings. The minimum atomic E-state index is -3.05. The Balaban J connectivity index is 2.39. The smallest absolute Gasteiger partial charge is 0.220 e. The van der Waals surface area contributed by atoms with Crippen LogP contribution in [0.2, 0.25) is 0 Å². The van der Waals surface area contributed by atoms with Crippen LogP contribution in [0.25, 0.3) is 0 Å². The van der Waals surface area contributed by atoms with E-state index in [4.69, 9.17) is 0 Å². The van der Waals surface area contributed by atoms with Gasteiger partial charge in [0.2, 0.25) is 5.91 Å². The number of amides is 1. The summed E-state index contributed by atoms with van der Waals surface area (Å²) >= 11 is 0. The zero-order valence-corrected chi connectivity index (χ0v) is 10.6. The van der Waals surface area contributed by atoms with Crippen LogP contribution >= 0.6 is 0 Å². The highest BCUT2D eigenvalue weighted by Crippen LogP contribution is 2.50. The highest BCUT2D eigenvalue weighted by molar-refractivity contribution is 7.91. The molecule has 16 heavy (non-hydrogen) atoms. The van der Waals surface area contributed by atoms with Crippen LogP contribution in [0.1, 0.15) is 39.0 Å². The fourth-order valence-corrected chi connectivity index (χ4v) is 5.44. The molecule has 1 N–H and O–H groups in total. The predicted molar refractivity (Wildman–Crippen MR) is 61.8 cm³/mol. The highest BCUT2D eigenvalue weighted by atomic mass is 32.2. The average Bonchev–Trinajstić information content (AvgIpc) is 2.70. The molecule has 1 spiro atoms. The van der Waals surface area contributed by atoms with Gasteiger partial charge in [-0.05, 0) is 19.3 Å². The lowest BCUT2D eigenvalue weighted by molar-refractivity contribution is -0.119. The summed E-state index contributed by atoms with van der Waals surface area (Å²) in [6.45, 7) is 2.01. The van der Waals surface area contributed by atoms with Crippen molar-refractivity contribution in [3.8, 4) is 0 Å². The molecule has 0 aromatic carbocycles. The van der Waals surface area contributed by atoms with E-state index in [9.17, 15) is 13.2 Å². The first-order valence-corrected chi connectivity index (χ1v) is 7.84. The maximum absolute atomic E-state index is 11.8. The number of carbonyl (C=O) groups excluding carboxylic acids is 1. The van der Waals surface area contributed by atoms with Crippen molar-refractivity contribution in [3.63, 3.8) is 0 Å². The Morgan fingerprint density at radius 1 is 1.50 bits per heavy atom. The second-order valence-corrected chi connectivity index (χ2v) is 7.38. The van der Waals surface area contributed by atoms with Crippen molar-refractivity contribution in [1.29, 1.82) is 0 Å². The Morgan fingerprint density at radius 3 is 2.75 bits per heavy atom. The van der Waals surface area contributed by atoms with E-state index >= 15 is 0 Å². The number of hydrogen-bond acceptors (Lipinski definition) is 3. The van der Waals surface area contributed by atoms with Gasteiger partial charge in [-0.3, -0.25) is 4.79 Å². The first-order chi connectivity index (χ1) is 7.40. The maximum atomic E-state index is 11.8. The number of sulfone groups is 1. The molecule has 0 bridgehead atoms. The summed E-state index contributed by atoms with van der Waals surface area (Å²) < 4.78 is 23.6. The Kier molecular flexibility index (Phi) is 2.77. The zero-order valence-electron chi connectivity index (χ0n) is 9.82. The van der Waals surface area contributed by atoms with E-state index in [1.165, 1.54) is 6.26 Å². The Hall–Kier alpha value is -0.580. The molecule has 4 nitrogen and oxygen atoms in total. The highest BCUT2D eigenvalue weighted by Gasteiger charge is 2.56. The zero-order chi connectivity index (χ0) is 12.0. The molecule has 2 rings (SSSR count). The molecule has 3 unspecified atom stereocenters. The van der Waals surface area contributed by atoms with Crippen molar-refractivity contribution in [2.24, 2.45) is 5.41 Å². The third kappa shape index (κ3) is 1.65. The van der Waals surface area contributed by atoms with Gasteiger partial charge in [0.1, 0.15) is 0 Å². The maximum Gasteiger partial charge on any atom is 0.220 e. The molecule has 2 aliphatic rings. The fraction of sp³-hybridized carbons (Fsp3) is 0.909. The molecule has 1 aliphatic carbocycles. The van der Waals surface area contributed by atoms with Gasteiger partial charge in [-0.2, -0.15) is 0 Å². The van der Waals surface area contributed by atoms with Gasteiger partial charge in [0.25, 0.3) is 0 Å². The van der Waals surface area contributed by atoms with Crippen molar-refractivity contribution < 1.29 is 13.2 Å². The van der Waals surface area contributed by atoms with Crippen molar-refractivity contribution >= 4 is 15.7 Å². The first-order valence-electron chi connectivity index (χ1n) is 5.88. The first kappa shape index (κ1) is 11.9. The van der Waals surface area contributed by atoms with Gasteiger partial charge in [-0.1, -0.05) is 13.3 Å². The third-order valence-corrected chi connectivity index (χ3v) is 5.93. The third-order valence-electron chi connectivity index (χ3n) is 4.19. The van der Waals surface area contributed by atoms with Gasteiger partial charge >= 0.3 is 0 Å². The summed E-state index contributed by atoms with van der Waals surface area (Å²) in [6, 6.07) is 0.0437.